The van der Waals surface area contributed by atoms with Crippen molar-refractivity contribution in [1.29, 1.82) is 0 Å². The Morgan fingerprint density at radius 2 is 1.73 bits per heavy atom. The zero-order chi connectivity index (χ0) is 31.3. The molecule has 0 aromatic heterocycles. The molecule has 0 unspecified atom stereocenters. The van der Waals surface area contributed by atoms with Gasteiger partial charge in [0.05, 0.1) is 25.4 Å². The average molecular weight is 662 g/mol. The smallest absolute Gasteiger partial charge is 0.272 e. The van der Waals surface area contributed by atoms with Gasteiger partial charge in [-0.3, -0.25) is 9.69 Å². The van der Waals surface area contributed by atoms with Crippen LogP contribution in [0.1, 0.15) is 54.4 Å². The highest BCUT2D eigenvalue weighted by Gasteiger charge is 2.40. The molecule has 2 fully saturated rings. The maximum atomic E-state index is 12.0. The molecule has 236 valence electrons. The fraction of sp³-hybridized carbons (Fsp3) is 0.441. The van der Waals surface area contributed by atoms with E-state index in [0.29, 0.717) is 6.04 Å². The molecule has 5 atom stereocenters. The molecule has 2 N–H and O–H groups in total. The van der Waals surface area contributed by atoms with Crippen molar-refractivity contribution in [3.8, 4) is 11.1 Å². The summed E-state index contributed by atoms with van der Waals surface area (Å²) >= 11 is 17.0. The van der Waals surface area contributed by atoms with E-state index in [2.05, 4.69) is 17.1 Å². The third-order valence-electron chi connectivity index (χ3n) is 8.55. The van der Waals surface area contributed by atoms with Crippen LogP contribution in [-0.4, -0.2) is 58.7 Å². The summed E-state index contributed by atoms with van der Waals surface area (Å²) in [6, 6.07) is 24.4. The Hall–Kier alpha value is -2.20. The van der Waals surface area contributed by atoms with Gasteiger partial charge in [0.25, 0.3) is 9.70 Å². The van der Waals surface area contributed by atoms with Gasteiger partial charge in [-0.1, -0.05) is 108 Å². The van der Waals surface area contributed by atoms with Gasteiger partial charge >= 0.3 is 0 Å². The van der Waals surface area contributed by atoms with Crippen LogP contribution in [0.4, 0.5) is 0 Å². The molecule has 5 rings (SSSR count). The number of carbonyl (C=O) groups excluding carboxylic acids is 1. The van der Waals surface area contributed by atoms with Crippen molar-refractivity contribution in [1.82, 2.24) is 10.2 Å². The topological polar surface area (TPSA) is 80.3 Å². The number of halogens is 3. The van der Waals surface area contributed by atoms with Crippen LogP contribution in [0.2, 0.25) is 0 Å². The van der Waals surface area contributed by atoms with Gasteiger partial charge in [-0.2, -0.15) is 0 Å². The Morgan fingerprint density at radius 3 is 2.41 bits per heavy atom. The Balaban J connectivity index is 1.34. The minimum Gasteiger partial charge on any atom is -0.392 e. The maximum absolute atomic E-state index is 12.0. The highest BCUT2D eigenvalue weighted by Crippen LogP contribution is 2.42. The SMILES string of the molecule is COC[C@@H]1CCCN1C[C@H]1O[C@@H](c2ccc(-c3cccc(CNC(=O)C(Cl)(Cl)Cl)c3)cc2)O[C@@H](c2ccc(CO)cc2)[C@H]1C. The molecular formula is C34H39Cl3N2O5. The third kappa shape index (κ3) is 8.14. The van der Waals surface area contributed by atoms with E-state index in [4.69, 9.17) is 49.0 Å². The van der Waals surface area contributed by atoms with Crippen molar-refractivity contribution < 1.29 is 24.1 Å². The van der Waals surface area contributed by atoms with Gasteiger partial charge in [0, 0.05) is 37.7 Å². The Bertz CT molecular complexity index is 1380. The molecule has 0 aliphatic carbocycles. The zero-order valence-electron chi connectivity index (χ0n) is 24.9. The summed E-state index contributed by atoms with van der Waals surface area (Å²) in [5, 5.41) is 12.2. The van der Waals surface area contributed by atoms with Crippen molar-refractivity contribution in [3.05, 3.63) is 95.1 Å². The lowest BCUT2D eigenvalue weighted by molar-refractivity contribution is -0.276. The van der Waals surface area contributed by atoms with E-state index in [-0.39, 0.29) is 31.3 Å². The number of methoxy groups -OCH3 is 1. The zero-order valence-corrected chi connectivity index (χ0v) is 27.2. The van der Waals surface area contributed by atoms with Crippen LogP contribution in [0, 0.1) is 5.92 Å². The fourth-order valence-electron chi connectivity index (χ4n) is 6.05. The number of hydrogen-bond donors (Lipinski definition) is 2. The number of rotatable bonds is 10. The number of nitrogens with zero attached hydrogens (tertiary/aromatic N) is 1. The van der Waals surface area contributed by atoms with Gasteiger partial charge in [0.2, 0.25) is 0 Å². The van der Waals surface area contributed by atoms with Gasteiger partial charge in [0.1, 0.15) is 0 Å². The van der Waals surface area contributed by atoms with Crippen LogP contribution in [0.15, 0.2) is 72.8 Å². The molecule has 7 nitrogen and oxygen atoms in total. The minimum atomic E-state index is -2.00. The highest BCUT2D eigenvalue weighted by atomic mass is 35.6. The van der Waals surface area contributed by atoms with E-state index < -0.39 is 16.0 Å². The van der Waals surface area contributed by atoms with E-state index in [9.17, 15) is 9.90 Å². The van der Waals surface area contributed by atoms with Crippen LogP contribution in [0.25, 0.3) is 11.1 Å². The lowest BCUT2D eigenvalue weighted by Crippen LogP contribution is -2.46. The summed E-state index contributed by atoms with van der Waals surface area (Å²) in [4.78, 5) is 14.5. The first-order chi connectivity index (χ1) is 21.2. The molecule has 3 aromatic carbocycles. The third-order valence-corrected chi connectivity index (χ3v) is 9.06. The molecule has 10 heteroatoms. The summed E-state index contributed by atoms with van der Waals surface area (Å²) in [6.45, 7) is 4.99. The predicted molar refractivity (Wildman–Crippen MR) is 173 cm³/mol. The Kier molecular flexibility index (Phi) is 11.3. The average Bonchev–Trinajstić information content (AvgIpc) is 3.47. The number of ether oxygens (including phenoxy) is 3. The predicted octanol–water partition coefficient (Wildman–Crippen LogP) is 6.73. The monoisotopic (exact) mass is 660 g/mol. The molecular weight excluding hydrogens is 623 g/mol. The lowest BCUT2D eigenvalue weighted by atomic mass is 9.89. The van der Waals surface area contributed by atoms with Gasteiger partial charge < -0.3 is 24.6 Å². The molecule has 0 radical (unpaired) electrons. The van der Waals surface area contributed by atoms with Crippen molar-refractivity contribution in [2.75, 3.05) is 26.8 Å². The molecule has 0 bridgehead atoms. The molecule has 44 heavy (non-hydrogen) atoms. The summed E-state index contributed by atoms with van der Waals surface area (Å²) in [5.74, 6) is -0.557. The first kappa shape index (κ1) is 33.2. The van der Waals surface area contributed by atoms with E-state index in [1.807, 2.05) is 72.8 Å². The van der Waals surface area contributed by atoms with Crippen LogP contribution in [-0.2, 0) is 32.2 Å². The second kappa shape index (κ2) is 14.9. The first-order valence-electron chi connectivity index (χ1n) is 14.9. The van der Waals surface area contributed by atoms with Crippen LogP contribution < -0.4 is 5.32 Å². The lowest BCUT2D eigenvalue weighted by Gasteiger charge is -2.43. The summed E-state index contributed by atoms with van der Waals surface area (Å²) in [5.41, 5.74) is 5.76. The summed E-state index contributed by atoms with van der Waals surface area (Å²) < 4.78 is 16.9. The van der Waals surface area contributed by atoms with Crippen LogP contribution in [0.3, 0.4) is 0 Å². The minimum absolute atomic E-state index is 0.00438. The van der Waals surface area contributed by atoms with Gasteiger partial charge in [0.15, 0.2) is 6.29 Å². The van der Waals surface area contributed by atoms with E-state index in [1.54, 1.807) is 7.11 Å². The number of alkyl halides is 3. The molecule has 2 aliphatic rings. The maximum Gasteiger partial charge on any atom is 0.272 e. The molecule has 2 aliphatic heterocycles. The van der Waals surface area contributed by atoms with Gasteiger partial charge in [-0.25, -0.2) is 0 Å². The van der Waals surface area contributed by atoms with Crippen molar-refractivity contribution in [2.24, 2.45) is 5.92 Å². The number of nitrogens with one attached hydrogen (secondary N) is 1. The molecule has 0 saturated carbocycles. The van der Waals surface area contributed by atoms with E-state index in [1.165, 1.54) is 0 Å². The summed E-state index contributed by atoms with van der Waals surface area (Å²) in [6.07, 6.45) is 1.52. The van der Waals surface area contributed by atoms with Gasteiger partial charge in [-0.15, -0.1) is 0 Å². The van der Waals surface area contributed by atoms with Gasteiger partial charge in [-0.05, 0) is 53.3 Å². The standard InChI is InChI=1S/C34H39Cl3N2O5/c1-22-30(19-39-16-4-7-29(39)21-42-2)43-32(44-31(22)26-10-8-23(20-40)9-11-26)27-14-12-25(13-15-27)28-6-3-5-24(17-28)18-38-33(41)34(35,36)37/h3,5-6,8-15,17,22,29-32,40H,4,7,16,18-21H2,1-2H3,(H,38,41)/t22-,29-,30+,31+,32+/m0/s1. The number of likely N-dealkylation sites (tertiary alicyclic amines) is 1. The first-order valence-corrected chi connectivity index (χ1v) is 16.1. The molecule has 2 saturated heterocycles. The fourth-order valence-corrected chi connectivity index (χ4v) is 6.25. The Labute approximate surface area is 274 Å². The van der Waals surface area contributed by atoms with Crippen molar-refractivity contribution >= 4 is 40.7 Å². The second-order valence-corrected chi connectivity index (χ2v) is 13.9. The second-order valence-electron chi connectivity index (χ2n) is 11.6. The van der Waals surface area contributed by atoms with Crippen molar-refractivity contribution in [3.63, 3.8) is 0 Å². The molecule has 0 spiro atoms. The van der Waals surface area contributed by atoms with E-state index in [0.717, 1.165) is 65.9 Å². The molecule has 2 heterocycles. The Morgan fingerprint density at radius 1 is 1.00 bits per heavy atom. The number of carbonyl (C=O) groups is 1. The largest absolute Gasteiger partial charge is 0.392 e. The van der Waals surface area contributed by atoms with Crippen LogP contribution in [0.5, 0.6) is 0 Å². The van der Waals surface area contributed by atoms with Crippen LogP contribution >= 0.6 is 34.8 Å². The van der Waals surface area contributed by atoms with Crippen molar-refractivity contribution in [2.45, 2.75) is 61.2 Å². The number of hydrogen-bond acceptors (Lipinski definition) is 6. The number of aliphatic hydroxyl groups is 1. The molecule has 3 aromatic rings. The van der Waals surface area contributed by atoms with E-state index >= 15 is 0 Å². The molecule has 1 amide bonds. The normalized spacial score (nSPS) is 24.4. The summed E-state index contributed by atoms with van der Waals surface area (Å²) in [7, 11) is 1.76. The number of amides is 1. The number of aliphatic hydroxyl groups excluding tert-OH is 1. The number of benzene rings is 3. The highest BCUT2D eigenvalue weighted by molar-refractivity contribution is 6.76. The quantitative estimate of drug-likeness (QED) is 0.235.